The van der Waals surface area contributed by atoms with Gasteiger partial charge in [0.1, 0.15) is 0 Å². The fraction of sp³-hybridized carbons (Fsp3) is 0.500. The second kappa shape index (κ2) is 3.87. The first kappa shape index (κ1) is 11.1. The van der Waals surface area contributed by atoms with Crippen molar-refractivity contribution in [3.63, 3.8) is 0 Å². The van der Waals surface area contributed by atoms with Crippen LogP contribution in [0.3, 0.4) is 0 Å². The number of carbonyl (C=O) groups is 1. The van der Waals surface area contributed by atoms with Crippen LogP contribution in [0, 0.1) is 5.92 Å². The standard InChI is InChI=1S/C12H17N3O/c1-7-8(2)15(9(3)16)11-6-14-5-4-10(11)12(7)13/h4-8,12H,13H2,1-3H3/t7-,8-,12+/m0/s1. The largest absolute Gasteiger partial charge is 0.324 e. The molecule has 0 saturated heterocycles. The van der Waals surface area contributed by atoms with Gasteiger partial charge >= 0.3 is 0 Å². The summed E-state index contributed by atoms with van der Waals surface area (Å²) >= 11 is 0. The first-order chi connectivity index (χ1) is 7.54. The van der Waals surface area contributed by atoms with Crippen LogP contribution in [0.5, 0.6) is 0 Å². The van der Waals surface area contributed by atoms with Crippen LogP contribution < -0.4 is 10.6 Å². The van der Waals surface area contributed by atoms with Gasteiger partial charge in [-0.3, -0.25) is 9.78 Å². The van der Waals surface area contributed by atoms with Crippen molar-refractivity contribution >= 4 is 11.6 Å². The number of fused-ring (bicyclic) bond motifs is 1. The zero-order valence-corrected chi connectivity index (χ0v) is 9.84. The van der Waals surface area contributed by atoms with Crippen LogP contribution in [-0.4, -0.2) is 16.9 Å². The highest BCUT2D eigenvalue weighted by Gasteiger charge is 2.36. The van der Waals surface area contributed by atoms with Gasteiger partial charge in [-0.1, -0.05) is 6.92 Å². The van der Waals surface area contributed by atoms with Gasteiger partial charge in [-0.05, 0) is 24.5 Å². The van der Waals surface area contributed by atoms with Crippen molar-refractivity contribution in [2.24, 2.45) is 11.7 Å². The SMILES string of the molecule is CC(=O)N1c2cnccc2[C@H](N)[C@@H](C)[C@@H]1C. The lowest BCUT2D eigenvalue weighted by atomic mass is 9.84. The molecule has 0 spiro atoms. The lowest BCUT2D eigenvalue weighted by Gasteiger charge is -2.41. The van der Waals surface area contributed by atoms with E-state index in [4.69, 9.17) is 5.73 Å². The van der Waals surface area contributed by atoms with E-state index >= 15 is 0 Å². The summed E-state index contributed by atoms with van der Waals surface area (Å²) in [7, 11) is 0. The predicted molar refractivity (Wildman–Crippen MR) is 63.0 cm³/mol. The average Bonchev–Trinajstić information content (AvgIpc) is 2.26. The minimum absolute atomic E-state index is 0.0244. The highest BCUT2D eigenvalue weighted by Crippen LogP contribution is 2.38. The quantitative estimate of drug-likeness (QED) is 0.719. The summed E-state index contributed by atoms with van der Waals surface area (Å²) < 4.78 is 0. The molecule has 1 aromatic heterocycles. The third-order valence-electron chi connectivity index (χ3n) is 3.53. The van der Waals surface area contributed by atoms with Crippen LogP contribution in [0.25, 0.3) is 0 Å². The predicted octanol–water partition coefficient (Wildman–Crippen LogP) is 1.47. The summed E-state index contributed by atoms with van der Waals surface area (Å²) in [6, 6.07) is 1.99. The van der Waals surface area contributed by atoms with Crippen LogP contribution in [0.4, 0.5) is 5.69 Å². The number of amides is 1. The third-order valence-corrected chi connectivity index (χ3v) is 3.53. The number of rotatable bonds is 0. The number of anilines is 1. The van der Waals surface area contributed by atoms with Crippen molar-refractivity contribution in [1.82, 2.24) is 4.98 Å². The molecule has 2 rings (SSSR count). The molecule has 0 aromatic carbocycles. The van der Waals surface area contributed by atoms with Gasteiger partial charge in [0.15, 0.2) is 0 Å². The van der Waals surface area contributed by atoms with Gasteiger partial charge in [0, 0.05) is 25.2 Å². The zero-order chi connectivity index (χ0) is 11.9. The van der Waals surface area contributed by atoms with Gasteiger partial charge in [0.25, 0.3) is 0 Å². The molecule has 0 radical (unpaired) electrons. The number of carbonyl (C=O) groups excluding carboxylic acids is 1. The average molecular weight is 219 g/mol. The maximum Gasteiger partial charge on any atom is 0.224 e. The van der Waals surface area contributed by atoms with Crippen molar-refractivity contribution in [2.75, 3.05) is 4.90 Å². The Hall–Kier alpha value is -1.42. The maximum atomic E-state index is 11.7. The minimum Gasteiger partial charge on any atom is -0.324 e. The fourth-order valence-corrected chi connectivity index (χ4v) is 2.37. The molecule has 2 N–H and O–H groups in total. The Balaban J connectivity index is 2.56. The fourth-order valence-electron chi connectivity index (χ4n) is 2.37. The van der Waals surface area contributed by atoms with Gasteiger partial charge in [-0.2, -0.15) is 0 Å². The van der Waals surface area contributed by atoms with Gasteiger partial charge in [-0.25, -0.2) is 0 Å². The molecular formula is C12H17N3O. The van der Waals surface area contributed by atoms with E-state index in [9.17, 15) is 4.79 Å². The molecule has 3 atom stereocenters. The molecule has 1 aromatic rings. The second-order valence-electron chi connectivity index (χ2n) is 4.45. The Morgan fingerprint density at radius 1 is 1.50 bits per heavy atom. The molecule has 16 heavy (non-hydrogen) atoms. The van der Waals surface area contributed by atoms with Crippen LogP contribution in [0.15, 0.2) is 18.5 Å². The summed E-state index contributed by atoms with van der Waals surface area (Å²) in [5.41, 5.74) is 8.04. The Morgan fingerprint density at radius 3 is 2.81 bits per heavy atom. The number of hydrogen-bond acceptors (Lipinski definition) is 3. The maximum absolute atomic E-state index is 11.7. The first-order valence-electron chi connectivity index (χ1n) is 5.53. The first-order valence-corrected chi connectivity index (χ1v) is 5.53. The van der Waals surface area contributed by atoms with E-state index in [0.29, 0.717) is 0 Å². The van der Waals surface area contributed by atoms with E-state index in [1.165, 1.54) is 0 Å². The lowest BCUT2D eigenvalue weighted by Crippen LogP contribution is -2.48. The molecule has 0 fully saturated rings. The molecule has 1 aliphatic rings. The van der Waals surface area contributed by atoms with Crippen molar-refractivity contribution in [3.05, 3.63) is 24.0 Å². The molecule has 0 bridgehead atoms. The van der Waals surface area contributed by atoms with Crippen LogP contribution in [0.1, 0.15) is 32.4 Å². The Kier molecular flexibility index (Phi) is 2.68. The van der Waals surface area contributed by atoms with Crippen LogP contribution >= 0.6 is 0 Å². The van der Waals surface area contributed by atoms with Crippen molar-refractivity contribution in [1.29, 1.82) is 0 Å². The monoisotopic (exact) mass is 219 g/mol. The number of hydrogen-bond donors (Lipinski definition) is 1. The highest BCUT2D eigenvalue weighted by molar-refractivity contribution is 5.93. The van der Waals surface area contributed by atoms with Gasteiger partial charge in [0.05, 0.1) is 11.9 Å². The molecule has 86 valence electrons. The molecule has 4 nitrogen and oxygen atoms in total. The van der Waals surface area contributed by atoms with Crippen molar-refractivity contribution in [2.45, 2.75) is 32.9 Å². The molecule has 2 heterocycles. The van der Waals surface area contributed by atoms with Crippen molar-refractivity contribution in [3.8, 4) is 0 Å². The minimum atomic E-state index is -0.0244. The van der Waals surface area contributed by atoms with Gasteiger partial charge in [0.2, 0.25) is 5.91 Å². The Bertz CT molecular complexity index is 418. The highest BCUT2D eigenvalue weighted by atomic mass is 16.2. The molecule has 1 aliphatic heterocycles. The third kappa shape index (κ3) is 1.50. The van der Waals surface area contributed by atoms with E-state index in [-0.39, 0.29) is 23.9 Å². The lowest BCUT2D eigenvalue weighted by molar-refractivity contribution is -0.117. The zero-order valence-electron chi connectivity index (χ0n) is 9.84. The van der Waals surface area contributed by atoms with Crippen LogP contribution in [-0.2, 0) is 4.79 Å². The Labute approximate surface area is 95.5 Å². The topological polar surface area (TPSA) is 59.2 Å². The van der Waals surface area contributed by atoms with Crippen molar-refractivity contribution < 1.29 is 4.79 Å². The smallest absolute Gasteiger partial charge is 0.224 e. The number of pyridine rings is 1. The molecule has 0 aliphatic carbocycles. The van der Waals surface area contributed by atoms with E-state index in [1.807, 2.05) is 13.0 Å². The number of aromatic nitrogens is 1. The summed E-state index contributed by atoms with van der Waals surface area (Å²) in [4.78, 5) is 17.5. The molecular weight excluding hydrogens is 202 g/mol. The summed E-state index contributed by atoms with van der Waals surface area (Å²) in [6.07, 6.45) is 3.44. The molecule has 1 amide bonds. The van der Waals surface area contributed by atoms with Gasteiger partial charge in [-0.15, -0.1) is 0 Å². The summed E-state index contributed by atoms with van der Waals surface area (Å²) in [5, 5.41) is 0. The number of nitrogens with two attached hydrogens (primary N) is 1. The second-order valence-corrected chi connectivity index (χ2v) is 4.45. The molecule has 4 heteroatoms. The van der Waals surface area contributed by atoms with Gasteiger partial charge < -0.3 is 10.6 Å². The molecule has 0 saturated carbocycles. The number of nitrogens with zero attached hydrogens (tertiary/aromatic N) is 2. The summed E-state index contributed by atoms with van der Waals surface area (Å²) in [5.74, 6) is 0.291. The summed E-state index contributed by atoms with van der Waals surface area (Å²) in [6.45, 7) is 5.69. The van der Waals surface area contributed by atoms with E-state index in [2.05, 4.69) is 11.9 Å². The normalized spacial score (nSPS) is 28.8. The van der Waals surface area contributed by atoms with E-state index in [1.54, 1.807) is 24.2 Å². The molecule has 0 unspecified atom stereocenters. The van der Waals surface area contributed by atoms with E-state index in [0.717, 1.165) is 11.3 Å². The van der Waals surface area contributed by atoms with Crippen LogP contribution in [0.2, 0.25) is 0 Å². The van der Waals surface area contributed by atoms with E-state index < -0.39 is 0 Å². The Morgan fingerprint density at radius 2 is 2.19 bits per heavy atom.